The summed E-state index contributed by atoms with van der Waals surface area (Å²) in [5, 5.41) is 2.84. The summed E-state index contributed by atoms with van der Waals surface area (Å²) in [4.78, 5) is 61.1. The summed E-state index contributed by atoms with van der Waals surface area (Å²) in [5.74, 6) is -1.98. The fraction of sp³-hybridized carbons (Fsp3) is 0.467. The van der Waals surface area contributed by atoms with Crippen LogP contribution in [0.2, 0.25) is 0 Å². The molecule has 2 saturated carbocycles. The maximum atomic E-state index is 13.7. The number of carbonyl (C=O) groups excluding carboxylic acids is 4. The molecule has 3 N–H and O–H groups in total. The number of amides is 4. The van der Waals surface area contributed by atoms with E-state index in [1.165, 1.54) is 7.11 Å². The number of fused-ring (bicyclic) bond motifs is 2. The quantitative estimate of drug-likeness (QED) is 0.492. The third-order valence-electron chi connectivity index (χ3n) is 8.16. The van der Waals surface area contributed by atoms with Crippen LogP contribution < -0.4 is 25.3 Å². The van der Waals surface area contributed by atoms with Gasteiger partial charge in [-0.25, -0.2) is 4.79 Å². The van der Waals surface area contributed by atoms with Gasteiger partial charge in [-0.05, 0) is 62.8 Å². The molecule has 0 saturated heterocycles. The molecule has 1 aliphatic heterocycles. The van der Waals surface area contributed by atoms with E-state index in [9.17, 15) is 19.2 Å². The number of aromatic nitrogens is 2. The Labute approximate surface area is 243 Å². The zero-order chi connectivity index (χ0) is 29.9. The number of urea groups is 1. The number of methoxy groups -OCH3 is 2. The van der Waals surface area contributed by atoms with Crippen molar-refractivity contribution in [1.29, 1.82) is 0 Å². The topological polar surface area (TPSA) is 163 Å². The summed E-state index contributed by atoms with van der Waals surface area (Å²) in [6.07, 6.45) is 8.04. The molecule has 1 radical (unpaired) electrons. The molecule has 2 fully saturated rings. The smallest absolute Gasteiger partial charge is 0.321 e. The summed E-state index contributed by atoms with van der Waals surface area (Å²) in [6, 6.07) is 8.15. The minimum Gasteiger partial charge on any atom is -0.497 e. The Morgan fingerprint density at radius 1 is 1.10 bits per heavy atom. The molecule has 0 bridgehead atoms. The summed E-state index contributed by atoms with van der Waals surface area (Å²) >= 11 is 0. The fourth-order valence-corrected chi connectivity index (χ4v) is 5.73. The molecule has 221 valence electrons. The largest absolute Gasteiger partial charge is 0.497 e. The van der Waals surface area contributed by atoms with E-state index in [2.05, 4.69) is 15.3 Å². The van der Waals surface area contributed by atoms with Crippen LogP contribution in [-0.4, -0.2) is 71.4 Å². The van der Waals surface area contributed by atoms with Crippen molar-refractivity contribution in [3.05, 3.63) is 42.5 Å². The van der Waals surface area contributed by atoms with Crippen LogP contribution in [0.4, 0.5) is 4.79 Å². The molecule has 5 rings (SSSR count). The van der Waals surface area contributed by atoms with Gasteiger partial charge < -0.3 is 25.3 Å². The highest BCUT2D eigenvalue weighted by Gasteiger charge is 2.57. The van der Waals surface area contributed by atoms with Gasteiger partial charge in [0.2, 0.25) is 24.0 Å². The zero-order valence-electron chi connectivity index (χ0n) is 23.6. The first kappa shape index (κ1) is 29.0. The number of hydrogen-bond acceptors (Lipinski definition) is 9. The zero-order valence-corrected chi connectivity index (χ0v) is 23.6. The summed E-state index contributed by atoms with van der Waals surface area (Å²) in [6.45, 7) is 0.155. The lowest BCUT2D eigenvalue weighted by Crippen LogP contribution is -2.49. The predicted octanol–water partition coefficient (Wildman–Crippen LogP) is 2.57. The molecule has 0 spiro atoms. The van der Waals surface area contributed by atoms with Gasteiger partial charge in [0.05, 0.1) is 31.7 Å². The second-order valence-corrected chi connectivity index (χ2v) is 10.9. The Morgan fingerprint density at radius 3 is 2.55 bits per heavy atom. The van der Waals surface area contributed by atoms with Crippen LogP contribution in [0.5, 0.6) is 17.6 Å². The second kappa shape index (κ2) is 12.2. The molecule has 4 amide bonds. The molecular formula is C30H34N5O7. The van der Waals surface area contributed by atoms with E-state index < -0.39 is 41.3 Å². The van der Waals surface area contributed by atoms with Gasteiger partial charge in [-0.3, -0.25) is 19.3 Å². The van der Waals surface area contributed by atoms with Crippen LogP contribution in [0.25, 0.3) is 11.3 Å². The van der Waals surface area contributed by atoms with Crippen molar-refractivity contribution in [1.82, 2.24) is 20.2 Å². The minimum absolute atomic E-state index is 0.0833. The number of carbonyl (C=O) groups is 3. The van der Waals surface area contributed by atoms with Crippen LogP contribution in [-0.2, 0) is 14.4 Å². The molecule has 12 heteroatoms. The van der Waals surface area contributed by atoms with E-state index in [0.717, 1.165) is 16.9 Å². The molecule has 2 aromatic rings. The first-order chi connectivity index (χ1) is 20.3. The van der Waals surface area contributed by atoms with Gasteiger partial charge in [-0.1, -0.05) is 12.2 Å². The van der Waals surface area contributed by atoms with Crippen molar-refractivity contribution in [3.63, 3.8) is 0 Å². The van der Waals surface area contributed by atoms with Gasteiger partial charge in [0.1, 0.15) is 17.4 Å². The fourth-order valence-electron chi connectivity index (χ4n) is 5.73. The SMILES string of the molecule is COc1ccc(-c2cc(OC3CC4C(=O)NC5([C]=O)CC5/C=C/CCCCN(C(N)=O)C(=O)C4C3)nc(OC)n2)cc1. The highest BCUT2D eigenvalue weighted by molar-refractivity contribution is 5.98. The molecule has 2 aliphatic carbocycles. The molecule has 5 atom stereocenters. The van der Waals surface area contributed by atoms with E-state index in [-0.39, 0.29) is 37.2 Å². The maximum absolute atomic E-state index is 13.7. The van der Waals surface area contributed by atoms with Crippen molar-refractivity contribution in [3.8, 4) is 28.9 Å². The number of nitrogens with two attached hydrogens (primary N) is 1. The van der Waals surface area contributed by atoms with Gasteiger partial charge in [0.15, 0.2) is 0 Å². The number of allylic oxidation sites excluding steroid dienone is 1. The summed E-state index contributed by atoms with van der Waals surface area (Å²) in [5.41, 5.74) is 5.80. The summed E-state index contributed by atoms with van der Waals surface area (Å²) in [7, 11) is 3.02. The molecule has 42 heavy (non-hydrogen) atoms. The third kappa shape index (κ3) is 6.07. The lowest BCUT2D eigenvalue weighted by atomic mass is 9.93. The average Bonchev–Trinajstić information content (AvgIpc) is 3.51. The second-order valence-electron chi connectivity index (χ2n) is 10.9. The average molecular weight is 577 g/mol. The number of rotatable bonds is 6. The molecule has 3 aliphatic rings. The number of ether oxygens (including phenoxy) is 3. The van der Waals surface area contributed by atoms with Crippen molar-refractivity contribution in [2.45, 2.75) is 50.2 Å². The Bertz CT molecular complexity index is 1380. The van der Waals surface area contributed by atoms with E-state index in [4.69, 9.17) is 19.9 Å². The predicted molar refractivity (Wildman–Crippen MR) is 150 cm³/mol. The van der Waals surface area contributed by atoms with Crippen molar-refractivity contribution >= 4 is 24.1 Å². The Hall–Kier alpha value is -4.48. The van der Waals surface area contributed by atoms with Gasteiger partial charge in [0.25, 0.3) is 0 Å². The number of imide groups is 1. The number of nitrogens with zero attached hydrogens (tertiary/aromatic N) is 3. The molecule has 1 aromatic carbocycles. The van der Waals surface area contributed by atoms with Crippen LogP contribution in [0.1, 0.15) is 38.5 Å². The molecule has 5 unspecified atom stereocenters. The van der Waals surface area contributed by atoms with Gasteiger partial charge in [-0.15, -0.1) is 0 Å². The highest BCUT2D eigenvalue weighted by atomic mass is 16.5. The van der Waals surface area contributed by atoms with E-state index in [1.54, 1.807) is 25.3 Å². The van der Waals surface area contributed by atoms with Crippen LogP contribution in [0, 0.1) is 17.8 Å². The van der Waals surface area contributed by atoms with E-state index >= 15 is 0 Å². The van der Waals surface area contributed by atoms with Gasteiger partial charge in [0, 0.05) is 24.1 Å². The molecule has 2 heterocycles. The lowest BCUT2D eigenvalue weighted by molar-refractivity contribution is -0.138. The normalized spacial score (nSPS) is 28.4. The Kier molecular flexibility index (Phi) is 8.41. The van der Waals surface area contributed by atoms with Crippen LogP contribution in [0.15, 0.2) is 42.5 Å². The van der Waals surface area contributed by atoms with Crippen molar-refractivity contribution in [2.75, 3.05) is 20.8 Å². The molecular weight excluding hydrogens is 542 g/mol. The monoisotopic (exact) mass is 576 g/mol. The maximum Gasteiger partial charge on any atom is 0.321 e. The minimum atomic E-state index is -1.11. The first-order valence-electron chi connectivity index (χ1n) is 14.0. The number of nitrogens with one attached hydrogen (secondary N) is 1. The van der Waals surface area contributed by atoms with E-state index in [0.29, 0.717) is 30.7 Å². The van der Waals surface area contributed by atoms with Gasteiger partial charge in [-0.2, -0.15) is 9.97 Å². The highest BCUT2D eigenvalue weighted by Crippen LogP contribution is 2.45. The lowest BCUT2D eigenvalue weighted by Gasteiger charge is -2.26. The third-order valence-corrected chi connectivity index (χ3v) is 8.16. The Morgan fingerprint density at radius 2 is 1.86 bits per heavy atom. The number of benzene rings is 1. The van der Waals surface area contributed by atoms with E-state index in [1.807, 2.05) is 30.6 Å². The van der Waals surface area contributed by atoms with Crippen LogP contribution >= 0.6 is 0 Å². The first-order valence-corrected chi connectivity index (χ1v) is 14.0. The standard InChI is InChI=1S/C30H34N5O7/c1-40-20-10-8-18(9-11-20)24-15-25(33-29(32-24)41-2)42-21-13-22-23(14-21)27(38)35(28(31)39)12-6-4-3-5-7-19-16-30(19,17-36)34-26(22)37/h5,7-11,15,19,21-23H,3-4,6,12-14,16H2,1-2H3,(H2,31,39)(H,34,37)/b7-5+. The number of primary amides is 1. The summed E-state index contributed by atoms with van der Waals surface area (Å²) < 4.78 is 16.7. The van der Waals surface area contributed by atoms with Crippen molar-refractivity contribution in [2.24, 2.45) is 23.5 Å². The molecule has 12 nitrogen and oxygen atoms in total. The van der Waals surface area contributed by atoms with Gasteiger partial charge >= 0.3 is 12.0 Å². The van der Waals surface area contributed by atoms with Crippen molar-refractivity contribution < 1.29 is 33.4 Å². The number of hydrogen-bond donors (Lipinski definition) is 2. The molecule has 1 aromatic heterocycles. The van der Waals surface area contributed by atoms with Crippen LogP contribution in [0.3, 0.4) is 0 Å². The Balaban J connectivity index is 1.41.